The summed E-state index contributed by atoms with van der Waals surface area (Å²) in [5, 5.41) is 0. The highest BCUT2D eigenvalue weighted by Crippen LogP contribution is 2.52. The maximum Gasteiger partial charge on any atom is 0.218 e. The van der Waals surface area contributed by atoms with Crippen LogP contribution in [0.4, 0.5) is 0 Å². The van der Waals surface area contributed by atoms with E-state index in [-0.39, 0.29) is 0 Å². The second-order valence-corrected chi connectivity index (χ2v) is 25.5. The summed E-state index contributed by atoms with van der Waals surface area (Å²) < 4.78 is 10.6. The summed E-state index contributed by atoms with van der Waals surface area (Å²) in [4.78, 5) is 0. The van der Waals surface area contributed by atoms with Gasteiger partial charge in [-0.1, -0.05) is 0 Å². The fourth-order valence-corrected chi connectivity index (χ4v) is 15.6. The molecule has 0 fully saturated rings. The summed E-state index contributed by atoms with van der Waals surface area (Å²) in [5.41, 5.74) is 58.6. The molecule has 0 saturated carbocycles. The molecule has 80 heavy (non-hydrogen) atoms. The van der Waals surface area contributed by atoms with Gasteiger partial charge in [0.2, 0.25) is 22.8 Å². The van der Waals surface area contributed by atoms with E-state index in [9.17, 15) is 0 Å². The molecule has 4 aromatic carbocycles. The van der Waals surface area contributed by atoms with E-state index in [1.165, 1.54) is 245 Å². The summed E-state index contributed by atoms with van der Waals surface area (Å²) in [7, 11) is 9.57. The highest BCUT2D eigenvalue weighted by atomic mass is 15.0. The fraction of sp³-hybridized carbons (Fsp3) is 0.421. The van der Waals surface area contributed by atoms with E-state index >= 15 is 0 Å². The Bertz CT molecular complexity index is 3650. The molecule has 4 heteroatoms. The first-order valence-electron chi connectivity index (χ1n) is 29.6. The standard InChI is InChI=1S/C76H96N4/c1-33-37(5)45(13)61(46(14)38(33)6)65-69-53(21)55(23)71(77(69)29)66(62-47(15)39(7)34(2)40(8)48(62)16)73-57(25)59(27)75(79(73)31)68(64-51(19)43(11)36(4)44(12)52(64)20)76-60(28)58(26)74(80(76)32)67(72-56(24)54(22)70(65)78(72)30)63-49(17)41(9)35(3)42(10)50(63)18/h1-32H3/q+2. The van der Waals surface area contributed by atoms with Crippen molar-refractivity contribution in [1.82, 2.24) is 9.13 Å². The van der Waals surface area contributed by atoms with E-state index < -0.39 is 0 Å². The van der Waals surface area contributed by atoms with Crippen LogP contribution in [-0.4, -0.2) is 9.13 Å². The zero-order valence-electron chi connectivity index (χ0n) is 55.8. The largest absolute Gasteiger partial charge is 0.343 e. The molecule has 2 aliphatic heterocycles. The van der Waals surface area contributed by atoms with E-state index in [0.29, 0.717) is 0 Å². The number of hydrogen-bond donors (Lipinski definition) is 0. The minimum atomic E-state index is 1.28. The fourth-order valence-electron chi connectivity index (χ4n) is 15.6. The molecule has 2 aliphatic rings. The van der Waals surface area contributed by atoms with Gasteiger partial charge < -0.3 is 9.13 Å². The second kappa shape index (κ2) is 19.6. The van der Waals surface area contributed by atoms with Gasteiger partial charge in [0.15, 0.2) is 0 Å². The topological polar surface area (TPSA) is 17.6 Å². The van der Waals surface area contributed by atoms with Crippen LogP contribution in [0.1, 0.15) is 184 Å². The number of aryl methyl sites for hydroxylation is 6. The summed E-state index contributed by atoms with van der Waals surface area (Å²) >= 11 is 0. The van der Waals surface area contributed by atoms with Crippen LogP contribution >= 0.6 is 0 Å². The molecule has 0 spiro atoms. The van der Waals surface area contributed by atoms with Gasteiger partial charge in [-0.2, -0.15) is 9.13 Å². The summed E-state index contributed by atoms with van der Waals surface area (Å²) in [6.07, 6.45) is 0. The van der Waals surface area contributed by atoms with Crippen LogP contribution < -0.4 is 9.13 Å². The van der Waals surface area contributed by atoms with Crippen molar-refractivity contribution in [2.45, 2.75) is 194 Å². The normalized spacial score (nSPS) is 12.9. The zero-order chi connectivity index (χ0) is 59.7. The first-order chi connectivity index (χ1) is 37.1. The Hall–Kier alpha value is -6.52. The van der Waals surface area contributed by atoms with E-state index in [2.05, 4.69) is 240 Å². The molecular weight excluding hydrogens is 969 g/mol. The third-order valence-corrected chi connectivity index (χ3v) is 22.7. The van der Waals surface area contributed by atoms with Crippen molar-refractivity contribution >= 4 is 44.4 Å². The molecule has 7 aromatic rings. The predicted octanol–water partition coefficient (Wildman–Crippen LogP) is 19.2. The average molecular weight is 1070 g/mol. The quantitative estimate of drug-likeness (QED) is 0.156. The molecule has 418 valence electrons. The van der Waals surface area contributed by atoms with Gasteiger partial charge in [-0.15, -0.1) is 0 Å². The smallest absolute Gasteiger partial charge is 0.218 e. The van der Waals surface area contributed by atoms with Crippen molar-refractivity contribution in [1.29, 1.82) is 0 Å². The van der Waals surface area contributed by atoms with Gasteiger partial charge in [-0.3, -0.25) is 0 Å². The molecule has 0 radical (unpaired) electrons. The number of nitrogens with zero attached hydrogens (tertiary/aromatic N) is 4. The van der Waals surface area contributed by atoms with Crippen molar-refractivity contribution < 1.29 is 9.13 Å². The Labute approximate surface area is 483 Å². The van der Waals surface area contributed by atoms with Crippen molar-refractivity contribution in [2.24, 2.45) is 28.2 Å². The molecule has 0 atom stereocenters. The number of rotatable bonds is 4. The average Bonchev–Trinajstić information content (AvgIpc) is 3.96. The van der Waals surface area contributed by atoms with E-state index in [0.717, 1.165) is 0 Å². The first kappa shape index (κ1) is 58.1. The molecular formula is C76H96N4+2. The lowest BCUT2D eigenvalue weighted by molar-refractivity contribution is -0.672. The van der Waals surface area contributed by atoms with Crippen LogP contribution in [-0.2, 0) is 28.2 Å². The Morgan fingerprint density at radius 2 is 0.300 bits per heavy atom. The molecule has 0 N–H and O–H groups in total. The highest BCUT2D eigenvalue weighted by molar-refractivity contribution is 6.09. The molecule has 8 bridgehead atoms. The van der Waals surface area contributed by atoms with Gasteiger partial charge in [0.25, 0.3) is 0 Å². The van der Waals surface area contributed by atoms with Gasteiger partial charge in [0.1, 0.15) is 14.1 Å². The van der Waals surface area contributed by atoms with Crippen LogP contribution in [0.2, 0.25) is 0 Å². The Morgan fingerprint density at radius 3 is 0.438 bits per heavy atom. The Kier molecular flexibility index (Phi) is 14.2. The number of benzene rings is 4. The van der Waals surface area contributed by atoms with Crippen LogP contribution in [0, 0.1) is 166 Å². The molecule has 5 heterocycles. The first-order valence-corrected chi connectivity index (χ1v) is 29.6. The SMILES string of the molecule is CC1=C(C)c2c(-c3c(C)c(C)c(C)c(C)c3C)c3c(C)c(C)c(c(-c4c(C)c(C)c(C)c(C)c4C)c4[n+](C)c(c(-c5c(C)c(C)c(C)c(C)c5C)c5c(C)c(C)c(c(-c6c(C)c(C)c(C)c(C)c6C)c1[n+]2C)n5C)C(C)=C4C)n3C. The molecule has 0 aliphatic carbocycles. The zero-order valence-corrected chi connectivity index (χ0v) is 55.8. The van der Waals surface area contributed by atoms with E-state index in [4.69, 9.17) is 0 Å². The molecule has 4 nitrogen and oxygen atoms in total. The molecule has 9 rings (SSSR count). The van der Waals surface area contributed by atoms with Gasteiger partial charge >= 0.3 is 0 Å². The highest BCUT2D eigenvalue weighted by Gasteiger charge is 2.41. The van der Waals surface area contributed by atoms with Crippen molar-refractivity contribution in [2.75, 3.05) is 0 Å². The third kappa shape index (κ3) is 7.51. The summed E-state index contributed by atoms with van der Waals surface area (Å²) in [6, 6.07) is 0. The van der Waals surface area contributed by atoms with Crippen molar-refractivity contribution in [3.63, 3.8) is 0 Å². The van der Waals surface area contributed by atoms with Crippen LogP contribution in [0.3, 0.4) is 0 Å². The molecule has 0 unspecified atom stereocenters. The number of fused-ring (bicyclic) bond motifs is 8. The maximum absolute atomic E-state index is 2.64. The summed E-state index contributed by atoms with van der Waals surface area (Å²) in [6.45, 7) is 66.6. The van der Waals surface area contributed by atoms with Crippen molar-refractivity contribution in [3.8, 4) is 44.5 Å². The maximum atomic E-state index is 2.64. The number of hydrogen-bond acceptors (Lipinski definition) is 0. The van der Waals surface area contributed by atoms with Gasteiger partial charge in [0, 0.05) is 36.4 Å². The lowest BCUT2D eigenvalue weighted by Crippen LogP contribution is -2.34. The van der Waals surface area contributed by atoms with Gasteiger partial charge in [-0.05, 0) is 350 Å². The van der Waals surface area contributed by atoms with E-state index in [1.54, 1.807) is 0 Å². The van der Waals surface area contributed by atoms with Crippen LogP contribution in [0.5, 0.6) is 0 Å². The molecule has 3 aromatic heterocycles. The lowest BCUT2D eigenvalue weighted by Gasteiger charge is -2.22. The number of allylic oxidation sites excluding steroid dienone is 4. The van der Waals surface area contributed by atoms with E-state index in [1.807, 2.05) is 0 Å². The lowest BCUT2D eigenvalue weighted by atomic mass is 9.83. The predicted molar refractivity (Wildman–Crippen MR) is 349 cm³/mol. The third-order valence-electron chi connectivity index (χ3n) is 22.7. The molecule has 0 saturated heterocycles. The van der Waals surface area contributed by atoms with Crippen LogP contribution in [0.25, 0.3) is 88.9 Å². The van der Waals surface area contributed by atoms with Crippen molar-refractivity contribution in [3.05, 3.63) is 156 Å². The Balaban J connectivity index is 1.84. The minimum Gasteiger partial charge on any atom is -0.343 e. The summed E-state index contributed by atoms with van der Waals surface area (Å²) in [5.74, 6) is 0. The van der Waals surface area contributed by atoms with Gasteiger partial charge in [0.05, 0.1) is 44.3 Å². The second-order valence-electron chi connectivity index (χ2n) is 25.5. The Morgan fingerprint density at radius 1 is 0.175 bits per heavy atom. The monoisotopic (exact) mass is 1060 g/mol. The minimum absolute atomic E-state index is 1.28. The molecule has 0 amide bonds. The van der Waals surface area contributed by atoms with Gasteiger partial charge in [-0.25, -0.2) is 0 Å². The van der Waals surface area contributed by atoms with Crippen LogP contribution in [0.15, 0.2) is 0 Å². The number of aromatic nitrogens is 4.